The van der Waals surface area contributed by atoms with Crippen molar-refractivity contribution in [2.24, 2.45) is 34.0 Å². The first-order valence-electron chi connectivity index (χ1n) is 15.0. The van der Waals surface area contributed by atoms with Crippen molar-refractivity contribution >= 4 is 30.0 Å². The van der Waals surface area contributed by atoms with E-state index in [9.17, 15) is 23.1 Å². The van der Waals surface area contributed by atoms with E-state index < -0.39 is 53.2 Å². The number of amides is 1. The molecule has 7 atom stereocenters. The lowest BCUT2D eigenvalue weighted by Crippen LogP contribution is -2.54. The predicted octanol–water partition coefficient (Wildman–Crippen LogP) is 5.94. The lowest BCUT2D eigenvalue weighted by atomic mass is 9.69. The van der Waals surface area contributed by atoms with Crippen molar-refractivity contribution in [1.29, 1.82) is 0 Å². The van der Waals surface area contributed by atoms with Crippen molar-refractivity contribution in [3.8, 4) is 0 Å². The number of fused-ring (bicyclic) bond motifs is 1. The molecule has 40 heavy (non-hydrogen) atoms. The maximum absolute atomic E-state index is 14.1. The Morgan fingerprint density at radius 3 is 2.25 bits per heavy atom. The van der Waals surface area contributed by atoms with E-state index in [-0.39, 0.29) is 40.4 Å². The molecule has 1 aliphatic heterocycles. The zero-order chi connectivity index (χ0) is 30.9. The third kappa shape index (κ3) is 5.30. The number of aliphatic hydroxyl groups is 1. The molecule has 9 heteroatoms. The van der Waals surface area contributed by atoms with Crippen LogP contribution >= 0.6 is 0 Å². The summed E-state index contributed by atoms with van der Waals surface area (Å²) >= 11 is 0. The van der Waals surface area contributed by atoms with Crippen LogP contribution in [0.4, 0.5) is 0 Å². The Morgan fingerprint density at radius 1 is 1.18 bits per heavy atom. The molecule has 2 bridgehead atoms. The van der Waals surface area contributed by atoms with Gasteiger partial charge in [-0.15, -0.1) is 6.58 Å². The van der Waals surface area contributed by atoms with Gasteiger partial charge in [0.2, 0.25) is 15.9 Å². The molecule has 1 saturated heterocycles. The summed E-state index contributed by atoms with van der Waals surface area (Å²) < 4.78 is 35.2. The van der Waals surface area contributed by atoms with Gasteiger partial charge in [0.05, 0.1) is 30.4 Å². The second-order valence-electron chi connectivity index (χ2n) is 15.7. The van der Waals surface area contributed by atoms with Crippen LogP contribution in [0.2, 0.25) is 18.1 Å². The van der Waals surface area contributed by atoms with Crippen molar-refractivity contribution in [2.75, 3.05) is 5.75 Å². The van der Waals surface area contributed by atoms with Crippen molar-refractivity contribution in [3.05, 3.63) is 12.7 Å². The van der Waals surface area contributed by atoms with Gasteiger partial charge >= 0.3 is 0 Å². The predicted molar refractivity (Wildman–Crippen MR) is 163 cm³/mol. The monoisotopic (exact) mass is 597 g/mol. The molecule has 1 heterocycles. The van der Waals surface area contributed by atoms with Gasteiger partial charge in [-0.3, -0.25) is 9.59 Å². The second kappa shape index (κ2) is 10.6. The van der Waals surface area contributed by atoms with Gasteiger partial charge in [0, 0.05) is 16.7 Å². The zero-order valence-corrected chi connectivity index (χ0v) is 28.7. The molecule has 0 aromatic carbocycles. The van der Waals surface area contributed by atoms with Gasteiger partial charge in [-0.25, -0.2) is 12.7 Å². The second-order valence-corrected chi connectivity index (χ2v) is 22.4. The summed E-state index contributed by atoms with van der Waals surface area (Å²) in [6, 6.07) is -0.327. The smallest absolute Gasteiger partial charge is 0.238 e. The third-order valence-corrected chi connectivity index (χ3v) is 18.2. The van der Waals surface area contributed by atoms with Crippen LogP contribution in [0.3, 0.4) is 0 Å². The van der Waals surface area contributed by atoms with Gasteiger partial charge < -0.3 is 9.53 Å². The molecule has 3 rings (SSSR count). The molecule has 230 valence electrons. The van der Waals surface area contributed by atoms with E-state index in [0.29, 0.717) is 18.8 Å². The van der Waals surface area contributed by atoms with Gasteiger partial charge in [0.1, 0.15) is 5.78 Å². The molecule has 2 aliphatic carbocycles. The van der Waals surface area contributed by atoms with Crippen LogP contribution in [0.15, 0.2) is 12.7 Å². The van der Waals surface area contributed by atoms with E-state index in [1.807, 2.05) is 6.92 Å². The SMILES string of the molecule is C=CCC(C)[C@H](O)C(C)C(=O)C(C)(C)C(CC(=O)N1C2CC3CCC2(CS1(=O)=O)C3(C)C)O[Si](C)(C)C(C)(C)C. The largest absolute Gasteiger partial charge is 0.412 e. The number of Topliss-reactive ketones (excluding diaryl/α,β-unsaturated/α-hetero) is 1. The molecule has 1 N–H and O–H groups in total. The van der Waals surface area contributed by atoms with Crippen LogP contribution in [0, 0.1) is 34.0 Å². The Hall–Kier alpha value is -1.03. The highest BCUT2D eigenvalue weighted by Crippen LogP contribution is 2.70. The highest BCUT2D eigenvalue weighted by atomic mass is 32.2. The summed E-state index contributed by atoms with van der Waals surface area (Å²) in [5, 5.41) is 10.8. The quantitative estimate of drug-likeness (QED) is 0.234. The minimum Gasteiger partial charge on any atom is -0.412 e. The molecule has 1 spiro atoms. The Labute approximate surface area is 244 Å². The number of hydrogen-bond acceptors (Lipinski definition) is 6. The molecule has 0 aromatic heterocycles. The summed E-state index contributed by atoms with van der Waals surface area (Å²) in [5.41, 5.74) is -1.68. The van der Waals surface area contributed by atoms with Crippen molar-refractivity contribution in [1.82, 2.24) is 4.31 Å². The Kier molecular flexibility index (Phi) is 8.87. The number of nitrogens with zero attached hydrogens (tertiary/aromatic N) is 1. The van der Waals surface area contributed by atoms with Gasteiger partial charge in [0.25, 0.3) is 0 Å². The lowest BCUT2D eigenvalue weighted by molar-refractivity contribution is -0.143. The molecule has 1 amide bonds. The first-order chi connectivity index (χ1) is 18.0. The molecule has 7 nitrogen and oxygen atoms in total. The Bertz CT molecular complexity index is 1120. The maximum atomic E-state index is 14.1. The molecule has 6 unspecified atom stereocenters. The van der Waals surface area contributed by atoms with E-state index in [4.69, 9.17) is 4.43 Å². The van der Waals surface area contributed by atoms with Gasteiger partial charge in [0.15, 0.2) is 8.32 Å². The van der Waals surface area contributed by atoms with Crippen molar-refractivity contribution in [2.45, 2.75) is 131 Å². The fourth-order valence-electron chi connectivity index (χ4n) is 7.64. The first-order valence-corrected chi connectivity index (χ1v) is 19.6. The first kappa shape index (κ1) is 33.5. The standard InChI is InChI=1S/C31H55NO6SSi/c1-13-14-20(2)26(34)21(3)27(35)29(7,8)24(38-40(11,12)28(4,5)6)18-25(33)32-23-17-22-15-16-31(23,30(22,9)10)19-39(32,36)37/h13,20-24,26,34H,1,14-19H2,2-12H3/t20?,21?,22?,23?,24?,26-,31?/m0/s1. The van der Waals surface area contributed by atoms with E-state index in [1.165, 1.54) is 4.31 Å². The average Bonchev–Trinajstić information content (AvgIpc) is 3.29. The van der Waals surface area contributed by atoms with Crippen LogP contribution in [0.5, 0.6) is 0 Å². The van der Waals surface area contributed by atoms with Gasteiger partial charge in [-0.2, -0.15) is 0 Å². The molecule has 3 aliphatic rings. The van der Waals surface area contributed by atoms with Crippen LogP contribution in [-0.4, -0.2) is 61.8 Å². The topological polar surface area (TPSA) is 101 Å². The van der Waals surface area contributed by atoms with E-state index >= 15 is 0 Å². The van der Waals surface area contributed by atoms with Crippen LogP contribution in [0.1, 0.15) is 94.4 Å². The zero-order valence-electron chi connectivity index (χ0n) is 26.8. The summed E-state index contributed by atoms with van der Waals surface area (Å²) in [6.45, 7) is 25.7. The van der Waals surface area contributed by atoms with E-state index in [1.54, 1.807) is 26.8 Å². The summed E-state index contributed by atoms with van der Waals surface area (Å²) in [7, 11) is -6.26. The molecule has 2 saturated carbocycles. The Morgan fingerprint density at radius 2 is 1.75 bits per heavy atom. The molecule has 3 fully saturated rings. The molecular formula is C31H55NO6SSi. The number of hydrogen-bond donors (Lipinski definition) is 1. The third-order valence-electron chi connectivity index (χ3n) is 11.7. The minimum atomic E-state index is -3.79. The highest BCUT2D eigenvalue weighted by molar-refractivity contribution is 7.90. The highest BCUT2D eigenvalue weighted by Gasteiger charge is 2.72. The fourth-order valence-corrected chi connectivity index (χ4v) is 11.6. The number of ketones is 1. The average molecular weight is 598 g/mol. The van der Waals surface area contributed by atoms with Crippen molar-refractivity contribution in [3.63, 3.8) is 0 Å². The van der Waals surface area contributed by atoms with Gasteiger partial charge in [-0.1, -0.05) is 68.4 Å². The van der Waals surface area contributed by atoms with E-state index in [2.05, 4.69) is 54.3 Å². The molecular weight excluding hydrogens is 542 g/mol. The molecule has 0 radical (unpaired) electrons. The van der Waals surface area contributed by atoms with Crippen molar-refractivity contribution < 1.29 is 27.5 Å². The van der Waals surface area contributed by atoms with E-state index in [0.717, 1.165) is 12.8 Å². The van der Waals surface area contributed by atoms with Crippen LogP contribution in [-0.2, 0) is 24.0 Å². The fraction of sp³-hybridized carbons (Fsp3) is 0.871. The normalized spacial score (nSPS) is 30.4. The number of carbonyl (C=O) groups is 2. The number of sulfonamides is 1. The summed E-state index contributed by atoms with van der Waals surface area (Å²) in [4.78, 5) is 28.1. The maximum Gasteiger partial charge on any atom is 0.238 e. The Balaban J connectivity index is 1.97. The minimum absolute atomic E-state index is 0.0143. The van der Waals surface area contributed by atoms with Crippen LogP contribution < -0.4 is 0 Å². The molecule has 0 aromatic rings. The number of carbonyl (C=O) groups excluding carboxylic acids is 2. The number of aliphatic hydroxyl groups excluding tert-OH is 1. The number of rotatable bonds is 11. The van der Waals surface area contributed by atoms with Crippen LogP contribution in [0.25, 0.3) is 0 Å². The van der Waals surface area contributed by atoms with Gasteiger partial charge in [-0.05, 0) is 61.1 Å². The number of allylic oxidation sites excluding steroid dienone is 1. The lowest BCUT2D eigenvalue weighted by Gasteiger charge is -2.45. The summed E-state index contributed by atoms with van der Waals surface area (Å²) in [6.07, 6.45) is 2.97. The summed E-state index contributed by atoms with van der Waals surface area (Å²) in [5.74, 6) is -1.07.